The number of carbonyl (C=O) groups is 1. The molecule has 2 aliphatic rings. The molecule has 2 saturated heterocycles. The second kappa shape index (κ2) is 7.77. The Balaban J connectivity index is 1.49. The number of fused-ring (bicyclic) bond motifs is 2. The van der Waals surface area contributed by atoms with Gasteiger partial charge in [0.05, 0.1) is 12.1 Å². The fraction of sp³-hybridized carbons (Fsp3) is 0.619. The molecule has 4 heterocycles. The number of ether oxygens (including phenoxy) is 1. The van der Waals surface area contributed by atoms with Gasteiger partial charge in [0, 0.05) is 36.6 Å². The van der Waals surface area contributed by atoms with Gasteiger partial charge in [0.25, 0.3) is 0 Å². The van der Waals surface area contributed by atoms with Crippen LogP contribution >= 0.6 is 0 Å². The molecule has 2 N–H and O–H groups in total. The molecule has 1 amide bonds. The average molecular weight is 414 g/mol. The van der Waals surface area contributed by atoms with Crippen molar-refractivity contribution in [3.8, 4) is 0 Å². The highest BCUT2D eigenvalue weighted by molar-refractivity contribution is 5.70. The third kappa shape index (κ3) is 4.34. The minimum Gasteiger partial charge on any atom is -0.444 e. The number of rotatable bonds is 4. The van der Waals surface area contributed by atoms with Crippen LogP contribution in [0.15, 0.2) is 12.1 Å². The van der Waals surface area contributed by atoms with E-state index in [0.29, 0.717) is 24.9 Å². The maximum Gasteiger partial charge on any atom is 0.410 e. The van der Waals surface area contributed by atoms with Crippen LogP contribution in [0.4, 0.5) is 22.4 Å². The molecule has 162 valence electrons. The molecule has 2 unspecified atom stereocenters. The van der Waals surface area contributed by atoms with Gasteiger partial charge in [-0.1, -0.05) is 6.92 Å². The number of carbonyl (C=O) groups excluding carboxylic acids is 1. The molecule has 30 heavy (non-hydrogen) atoms. The summed E-state index contributed by atoms with van der Waals surface area (Å²) in [6.45, 7) is 11.2. The number of aryl methyl sites for hydroxylation is 2. The van der Waals surface area contributed by atoms with Crippen LogP contribution in [0, 0.1) is 6.92 Å². The number of piperazine rings is 1. The highest BCUT2D eigenvalue weighted by Gasteiger charge is 2.44. The molecule has 2 atom stereocenters. The largest absolute Gasteiger partial charge is 0.444 e. The first kappa shape index (κ1) is 20.4. The van der Waals surface area contributed by atoms with Gasteiger partial charge in [-0.15, -0.1) is 0 Å². The summed E-state index contributed by atoms with van der Waals surface area (Å²) >= 11 is 0. The van der Waals surface area contributed by atoms with Crippen LogP contribution in [0.5, 0.6) is 0 Å². The van der Waals surface area contributed by atoms with Crippen LogP contribution in [0.25, 0.3) is 0 Å². The second-order valence-electron chi connectivity index (χ2n) is 9.13. The Kier molecular flexibility index (Phi) is 5.29. The molecule has 0 radical (unpaired) electrons. The monoisotopic (exact) mass is 413 g/mol. The Hall–Kier alpha value is -2.84. The van der Waals surface area contributed by atoms with Gasteiger partial charge in [-0.2, -0.15) is 10.1 Å². The van der Waals surface area contributed by atoms with Crippen LogP contribution in [-0.4, -0.2) is 61.9 Å². The zero-order chi connectivity index (χ0) is 21.5. The lowest BCUT2D eigenvalue weighted by molar-refractivity contribution is 0.0122. The van der Waals surface area contributed by atoms with Crippen molar-refractivity contribution in [3.63, 3.8) is 0 Å². The second-order valence-corrected chi connectivity index (χ2v) is 9.13. The van der Waals surface area contributed by atoms with Crippen molar-refractivity contribution in [2.75, 3.05) is 23.3 Å². The van der Waals surface area contributed by atoms with Gasteiger partial charge in [-0.25, -0.2) is 9.78 Å². The molecule has 2 fully saturated rings. The summed E-state index contributed by atoms with van der Waals surface area (Å²) in [4.78, 5) is 26.2. The molecule has 9 nitrogen and oxygen atoms in total. The minimum atomic E-state index is -0.488. The molecule has 2 aliphatic heterocycles. The highest BCUT2D eigenvalue weighted by atomic mass is 16.6. The van der Waals surface area contributed by atoms with Gasteiger partial charge in [0.2, 0.25) is 5.95 Å². The Morgan fingerprint density at radius 2 is 1.90 bits per heavy atom. The topological polar surface area (TPSA) is 99.3 Å². The standard InChI is InChI=1S/C21H31N7O2/c1-6-14-10-18(26-25-14)23-17-9-13(2)22-19(24-17)27-11-15-7-8-16(12-27)28(15)20(29)30-21(3,4)5/h9-10,15-16H,6-8,11-12H2,1-5H3,(H2,22,23,24,25,26). The van der Waals surface area contributed by atoms with Gasteiger partial charge in [-0.05, 0) is 47.0 Å². The summed E-state index contributed by atoms with van der Waals surface area (Å²) in [7, 11) is 0. The first-order valence-electron chi connectivity index (χ1n) is 10.6. The van der Waals surface area contributed by atoms with Gasteiger partial charge in [-0.3, -0.25) is 10.00 Å². The summed E-state index contributed by atoms with van der Waals surface area (Å²) in [5.41, 5.74) is 1.46. The summed E-state index contributed by atoms with van der Waals surface area (Å²) in [5.74, 6) is 2.14. The first-order valence-corrected chi connectivity index (χ1v) is 10.6. The zero-order valence-electron chi connectivity index (χ0n) is 18.4. The number of nitrogens with one attached hydrogen (secondary N) is 2. The van der Waals surface area contributed by atoms with E-state index >= 15 is 0 Å². The van der Waals surface area contributed by atoms with Gasteiger partial charge in [0.1, 0.15) is 11.4 Å². The molecular formula is C21H31N7O2. The molecule has 2 bridgehead atoms. The van der Waals surface area contributed by atoms with Crippen molar-refractivity contribution in [2.45, 2.75) is 71.6 Å². The molecule has 2 aromatic heterocycles. The predicted molar refractivity (Wildman–Crippen MR) is 115 cm³/mol. The van der Waals surface area contributed by atoms with E-state index < -0.39 is 5.60 Å². The summed E-state index contributed by atoms with van der Waals surface area (Å²) in [5, 5.41) is 10.5. The number of anilines is 3. The van der Waals surface area contributed by atoms with Crippen molar-refractivity contribution in [1.29, 1.82) is 0 Å². The van der Waals surface area contributed by atoms with Crippen LogP contribution in [0.2, 0.25) is 0 Å². The Bertz CT molecular complexity index is 906. The number of nitrogens with zero attached hydrogens (tertiary/aromatic N) is 5. The van der Waals surface area contributed by atoms with Crippen molar-refractivity contribution in [2.24, 2.45) is 0 Å². The number of amides is 1. The van der Waals surface area contributed by atoms with E-state index in [4.69, 9.17) is 9.72 Å². The quantitative estimate of drug-likeness (QED) is 0.792. The third-order valence-electron chi connectivity index (χ3n) is 5.48. The average Bonchev–Trinajstić information content (AvgIpc) is 3.21. The van der Waals surface area contributed by atoms with Crippen molar-refractivity contribution in [1.82, 2.24) is 25.1 Å². The van der Waals surface area contributed by atoms with Gasteiger partial charge >= 0.3 is 6.09 Å². The van der Waals surface area contributed by atoms with E-state index in [2.05, 4.69) is 32.3 Å². The van der Waals surface area contributed by atoms with Gasteiger partial charge < -0.3 is 15.0 Å². The lowest BCUT2D eigenvalue weighted by Crippen LogP contribution is -2.57. The number of aromatic nitrogens is 4. The smallest absolute Gasteiger partial charge is 0.410 e. The molecule has 2 aromatic rings. The molecular weight excluding hydrogens is 382 g/mol. The van der Waals surface area contributed by atoms with E-state index in [1.165, 1.54) is 0 Å². The SMILES string of the molecule is CCc1cc(Nc2cc(C)nc(N3CC4CCC(C3)N4C(=O)OC(C)(C)C)n2)n[nH]1. The molecule has 9 heteroatoms. The highest BCUT2D eigenvalue weighted by Crippen LogP contribution is 2.33. The van der Waals surface area contributed by atoms with E-state index in [9.17, 15) is 4.79 Å². The van der Waals surface area contributed by atoms with E-state index in [1.807, 2.05) is 44.7 Å². The Labute approximate surface area is 177 Å². The van der Waals surface area contributed by atoms with Crippen molar-refractivity contribution < 1.29 is 9.53 Å². The summed E-state index contributed by atoms with van der Waals surface area (Å²) < 4.78 is 5.63. The van der Waals surface area contributed by atoms with Crippen LogP contribution in [-0.2, 0) is 11.2 Å². The maximum atomic E-state index is 12.7. The van der Waals surface area contributed by atoms with E-state index in [1.54, 1.807) is 0 Å². The Morgan fingerprint density at radius 3 is 2.50 bits per heavy atom. The summed E-state index contributed by atoms with van der Waals surface area (Å²) in [6.07, 6.45) is 2.63. The first-order chi connectivity index (χ1) is 14.2. The normalized spacial score (nSPS) is 21.1. The van der Waals surface area contributed by atoms with Crippen molar-refractivity contribution in [3.05, 3.63) is 23.5 Å². The maximum absolute atomic E-state index is 12.7. The molecule has 0 spiro atoms. The summed E-state index contributed by atoms with van der Waals surface area (Å²) in [6, 6.07) is 4.14. The van der Waals surface area contributed by atoms with Crippen molar-refractivity contribution >= 4 is 23.7 Å². The number of H-pyrrole nitrogens is 1. The zero-order valence-corrected chi connectivity index (χ0v) is 18.4. The number of hydrogen-bond acceptors (Lipinski definition) is 7. The van der Waals surface area contributed by atoms with Crippen LogP contribution in [0.3, 0.4) is 0 Å². The number of hydrogen-bond donors (Lipinski definition) is 2. The van der Waals surface area contributed by atoms with E-state index in [-0.39, 0.29) is 18.2 Å². The van der Waals surface area contributed by atoms with Crippen LogP contribution in [0.1, 0.15) is 51.9 Å². The third-order valence-corrected chi connectivity index (χ3v) is 5.48. The fourth-order valence-electron chi connectivity index (χ4n) is 4.18. The molecule has 0 saturated carbocycles. The van der Waals surface area contributed by atoms with Gasteiger partial charge in [0.15, 0.2) is 5.82 Å². The Morgan fingerprint density at radius 1 is 1.20 bits per heavy atom. The lowest BCUT2D eigenvalue weighted by Gasteiger charge is -2.41. The fourth-order valence-corrected chi connectivity index (χ4v) is 4.18. The van der Waals surface area contributed by atoms with E-state index in [0.717, 1.165) is 36.5 Å². The lowest BCUT2D eigenvalue weighted by atomic mass is 10.2. The molecule has 0 aliphatic carbocycles. The minimum absolute atomic E-state index is 0.123. The molecule has 4 rings (SSSR count). The number of aromatic amines is 1. The predicted octanol–water partition coefficient (Wildman–Crippen LogP) is 3.40. The van der Waals surface area contributed by atoms with Crippen LogP contribution < -0.4 is 10.2 Å². The molecule has 0 aromatic carbocycles.